The molecule has 1 unspecified atom stereocenters. The van der Waals surface area contributed by atoms with Gasteiger partial charge in [0.15, 0.2) is 0 Å². The second-order valence-corrected chi connectivity index (χ2v) is 3.12. The zero-order valence-electron chi connectivity index (χ0n) is 8.42. The normalized spacial score (nSPS) is 11.9. The van der Waals surface area contributed by atoms with Crippen molar-refractivity contribution in [3.8, 4) is 0 Å². The monoisotopic (exact) mass is 187 g/mol. The molecule has 1 atom stereocenters. The Balaban J connectivity index is 3.63. The first-order valence-corrected chi connectivity index (χ1v) is 4.55. The van der Waals surface area contributed by atoms with Gasteiger partial charge in [0, 0.05) is 6.92 Å². The van der Waals surface area contributed by atoms with E-state index in [0.717, 1.165) is 19.3 Å². The van der Waals surface area contributed by atoms with E-state index in [9.17, 15) is 9.59 Å². The zero-order chi connectivity index (χ0) is 10.3. The molecule has 0 aliphatic carbocycles. The van der Waals surface area contributed by atoms with Gasteiger partial charge in [0.05, 0.1) is 5.92 Å². The zero-order valence-corrected chi connectivity index (χ0v) is 8.42. The fourth-order valence-corrected chi connectivity index (χ4v) is 0.851. The lowest BCUT2D eigenvalue weighted by atomic mass is 10.1. The van der Waals surface area contributed by atoms with E-state index in [1.165, 1.54) is 6.92 Å². The lowest BCUT2D eigenvalue weighted by Gasteiger charge is -2.09. The fourth-order valence-electron chi connectivity index (χ4n) is 0.851. The summed E-state index contributed by atoms with van der Waals surface area (Å²) in [7, 11) is 0. The van der Waals surface area contributed by atoms with Crippen LogP contribution in [0.4, 0.5) is 0 Å². The lowest BCUT2D eigenvalue weighted by Crippen LogP contribution is -2.27. The Kier molecular flexibility index (Phi) is 5.93. The maximum Gasteiger partial charge on any atom is 0.334 e. The molecule has 13 heavy (non-hydrogen) atoms. The molecule has 0 saturated heterocycles. The van der Waals surface area contributed by atoms with Gasteiger partial charge in [-0.05, 0) is 6.42 Å². The van der Waals surface area contributed by atoms with Crippen molar-refractivity contribution in [2.75, 3.05) is 0 Å². The summed E-state index contributed by atoms with van der Waals surface area (Å²) >= 11 is 0. The van der Waals surface area contributed by atoms with E-state index in [4.69, 9.17) is 0 Å². The number of carbonyl (C=O) groups is 2. The molecule has 76 valence electrons. The van der Waals surface area contributed by atoms with E-state index >= 15 is 0 Å². The Morgan fingerprint density at radius 3 is 2.54 bits per heavy atom. The fraction of sp³-hybridized carbons (Fsp3) is 0.778. The SMILES string of the molecule is CCCCC(C)C(=O)ONC(C)=O. The molecule has 0 radical (unpaired) electrons. The molecule has 4 heteroatoms. The first-order valence-electron chi connectivity index (χ1n) is 4.55. The van der Waals surface area contributed by atoms with E-state index in [1.807, 2.05) is 5.48 Å². The molecule has 4 nitrogen and oxygen atoms in total. The van der Waals surface area contributed by atoms with Crippen LogP contribution in [-0.4, -0.2) is 11.9 Å². The third kappa shape index (κ3) is 6.13. The predicted molar refractivity (Wildman–Crippen MR) is 48.6 cm³/mol. The standard InChI is InChI=1S/C9H17NO3/c1-4-5-6-7(2)9(12)13-10-8(3)11/h7H,4-6H2,1-3H3,(H,10,11). The van der Waals surface area contributed by atoms with Crippen LogP contribution < -0.4 is 5.48 Å². The molecule has 1 N–H and O–H groups in total. The summed E-state index contributed by atoms with van der Waals surface area (Å²) in [5.41, 5.74) is 2.01. The average Bonchev–Trinajstić information content (AvgIpc) is 2.10. The van der Waals surface area contributed by atoms with Crippen LogP contribution in [0.15, 0.2) is 0 Å². The van der Waals surface area contributed by atoms with E-state index in [-0.39, 0.29) is 17.8 Å². The summed E-state index contributed by atoms with van der Waals surface area (Å²) < 4.78 is 0. The molecule has 1 amide bonds. The van der Waals surface area contributed by atoms with E-state index in [2.05, 4.69) is 11.8 Å². The highest BCUT2D eigenvalue weighted by Crippen LogP contribution is 2.08. The van der Waals surface area contributed by atoms with Crippen LogP contribution in [0.1, 0.15) is 40.0 Å². The molecule has 0 fully saturated rings. The topological polar surface area (TPSA) is 55.4 Å². The van der Waals surface area contributed by atoms with Gasteiger partial charge in [-0.15, -0.1) is 0 Å². The van der Waals surface area contributed by atoms with Gasteiger partial charge < -0.3 is 4.84 Å². The minimum absolute atomic E-state index is 0.146. The summed E-state index contributed by atoms with van der Waals surface area (Å²) in [6, 6.07) is 0. The number of carbonyl (C=O) groups excluding carboxylic acids is 2. The Labute approximate surface area is 78.6 Å². The highest BCUT2D eigenvalue weighted by molar-refractivity contribution is 5.76. The van der Waals surface area contributed by atoms with Gasteiger partial charge in [-0.2, -0.15) is 5.48 Å². The number of rotatable bonds is 4. The number of hydrogen-bond donors (Lipinski definition) is 1. The summed E-state index contributed by atoms with van der Waals surface area (Å²) in [6.07, 6.45) is 2.85. The minimum atomic E-state index is -0.372. The Morgan fingerprint density at radius 1 is 1.46 bits per heavy atom. The van der Waals surface area contributed by atoms with Crippen molar-refractivity contribution in [2.45, 2.75) is 40.0 Å². The maximum atomic E-state index is 11.1. The molecule has 0 aromatic carbocycles. The quantitative estimate of drug-likeness (QED) is 0.677. The second-order valence-electron chi connectivity index (χ2n) is 3.12. The lowest BCUT2D eigenvalue weighted by molar-refractivity contribution is -0.161. The van der Waals surface area contributed by atoms with Crippen LogP contribution in [-0.2, 0) is 14.4 Å². The molecular weight excluding hydrogens is 170 g/mol. The van der Waals surface area contributed by atoms with Crippen LogP contribution in [0, 0.1) is 5.92 Å². The van der Waals surface area contributed by atoms with Crippen molar-refractivity contribution in [2.24, 2.45) is 5.92 Å². The Hall–Kier alpha value is -1.06. The highest BCUT2D eigenvalue weighted by atomic mass is 16.7. The van der Waals surface area contributed by atoms with Gasteiger partial charge >= 0.3 is 5.97 Å². The number of amides is 1. The van der Waals surface area contributed by atoms with Crippen LogP contribution in [0.25, 0.3) is 0 Å². The number of hydrogen-bond acceptors (Lipinski definition) is 3. The van der Waals surface area contributed by atoms with Gasteiger partial charge in [0.25, 0.3) is 0 Å². The summed E-state index contributed by atoms with van der Waals surface area (Å²) in [5.74, 6) is -0.883. The molecular formula is C9H17NO3. The predicted octanol–water partition coefficient (Wildman–Crippen LogP) is 1.41. The molecule has 0 aromatic heterocycles. The molecule has 0 aliphatic rings. The summed E-state index contributed by atoms with van der Waals surface area (Å²) in [6.45, 7) is 5.15. The summed E-state index contributed by atoms with van der Waals surface area (Å²) in [4.78, 5) is 26.0. The third-order valence-corrected chi connectivity index (χ3v) is 1.69. The van der Waals surface area contributed by atoms with Crippen molar-refractivity contribution < 1.29 is 14.4 Å². The van der Waals surface area contributed by atoms with Gasteiger partial charge in [0.1, 0.15) is 0 Å². The first-order chi connectivity index (χ1) is 6.07. The maximum absolute atomic E-state index is 11.1. The molecule has 0 aliphatic heterocycles. The highest BCUT2D eigenvalue weighted by Gasteiger charge is 2.14. The number of unbranched alkanes of at least 4 members (excludes halogenated alkanes) is 1. The number of nitrogens with one attached hydrogen (secondary N) is 1. The Morgan fingerprint density at radius 2 is 2.08 bits per heavy atom. The van der Waals surface area contributed by atoms with Crippen LogP contribution in [0.3, 0.4) is 0 Å². The van der Waals surface area contributed by atoms with Gasteiger partial charge in [-0.1, -0.05) is 26.7 Å². The van der Waals surface area contributed by atoms with E-state index < -0.39 is 0 Å². The smallest absolute Gasteiger partial charge is 0.334 e. The van der Waals surface area contributed by atoms with Crippen molar-refractivity contribution in [3.05, 3.63) is 0 Å². The van der Waals surface area contributed by atoms with Gasteiger partial charge in [0.2, 0.25) is 5.91 Å². The van der Waals surface area contributed by atoms with Crippen molar-refractivity contribution in [1.29, 1.82) is 0 Å². The molecule has 0 bridgehead atoms. The first kappa shape index (κ1) is 11.9. The van der Waals surface area contributed by atoms with E-state index in [1.54, 1.807) is 6.92 Å². The number of hydroxylamine groups is 1. The molecule has 0 heterocycles. The van der Waals surface area contributed by atoms with Gasteiger partial charge in [-0.3, -0.25) is 4.79 Å². The minimum Gasteiger partial charge on any atom is -0.341 e. The van der Waals surface area contributed by atoms with Crippen LogP contribution in [0.2, 0.25) is 0 Å². The average molecular weight is 187 g/mol. The van der Waals surface area contributed by atoms with Crippen LogP contribution >= 0.6 is 0 Å². The van der Waals surface area contributed by atoms with Crippen molar-refractivity contribution in [3.63, 3.8) is 0 Å². The van der Waals surface area contributed by atoms with Crippen molar-refractivity contribution >= 4 is 11.9 Å². The summed E-state index contributed by atoms with van der Waals surface area (Å²) in [5, 5.41) is 0. The second kappa shape index (κ2) is 6.46. The van der Waals surface area contributed by atoms with Crippen molar-refractivity contribution in [1.82, 2.24) is 5.48 Å². The third-order valence-electron chi connectivity index (χ3n) is 1.69. The van der Waals surface area contributed by atoms with Gasteiger partial charge in [-0.25, -0.2) is 4.79 Å². The largest absolute Gasteiger partial charge is 0.341 e. The molecule has 0 spiro atoms. The van der Waals surface area contributed by atoms with Crippen LogP contribution in [0.5, 0.6) is 0 Å². The molecule has 0 rings (SSSR count). The molecule has 0 aromatic rings. The van der Waals surface area contributed by atoms with E-state index in [0.29, 0.717) is 0 Å². The Bertz CT molecular complexity index is 180. The molecule has 0 saturated carbocycles.